The molecule has 3 fully saturated rings. The molecule has 0 spiro atoms. The third kappa shape index (κ3) is 3.85. The maximum Gasteiger partial charge on any atom is 0.0876 e. The molecule has 3 aliphatic heterocycles. The van der Waals surface area contributed by atoms with Crippen molar-refractivity contribution < 1.29 is 9.47 Å². The minimum Gasteiger partial charge on any atom is -0.371 e. The lowest BCUT2D eigenvalue weighted by Gasteiger charge is -2.47. The molecule has 3 saturated heterocycles. The van der Waals surface area contributed by atoms with Gasteiger partial charge >= 0.3 is 0 Å². The molecule has 0 aromatic heterocycles. The highest BCUT2D eigenvalue weighted by Crippen LogP contribution is 2.39. The summed E-state index contributed by atoms with van der Waals surface area (Å²) in [7, 11) is 0. The molecule has 0 aliphatic carbocycles. The lowest BCUT2D eigenvalue weighted by Crippen LogP contribution is -2.55. The summed E-state index contributed by atoms with van der Waals surface area (Å²) < 4.78 is 12.2. The number of allylic oxidation sites excluding steroid dienone is 1. The van der Waals surface area contributed by atoms with E-state index in [1.165, 1.54) is 0 Å². The third-order valence-electron chi connectivity index (χ3n) is 3.82. The number of hydrogen-bond donors (Lipinski definition) is 0. The highest BCUT2D eigenvalue weighted by atomic mass is 79.9. The molecule has 0 aromatic rings. The van der Waals surface area contributed by atoms with Crippen LogP contribution in [0, 0.1) is 12.3 Å². The van der Waals surface area contributed by atoms with E-state index < -0.39 is 0 Å². The van der Waals surface area contributed by atoms with Crippen molar-refractivity contribution in [1.29, 1.82) is 0 Å². The van der Waals surface area contributed by atoms with Crippen LogP contribution in [0.25, 0.3) is 0 Å². The van der Waals surface area contributed by atoms with Gasteiger partial charge in [0.05, 0.1) is 24.4 Å². The molecule has 4 heteroatoms. The van der Waals surface area contributed by atoms with Gasteiger partial charge in [-0.3, -0.25) is 0 Å². The number of terminal acetylenes is 1. The van der Waals surface area contributed by atoms with Crippen LogP contribution in [0.5, 0.6) is 0 Å². The van der Waals surface area contributed by atoms with Crippen LogP contribution in [0.1, 0.15) is 32.6 Å². The summed E-state index contributed by atoms with van der Waals surface area (Å²) in [6.45, 7) is 2.18. The number of hydrogen-bond acceptors (Lipinski definition) is 2. The van der Waals surface area contributed by atoms with E-state index in [1.54, 1.807) is 6.08 Å². The summed E-state index contributed by atoms with van der Waals surface area (Å²) >= 11 is 7.46. The molecule has 19 heavy (non-hydrogen) atoms. The van der Waals surface area contributed by atoms with E-state index in [0.717, 1.165) is 25.7 Å². The van der Waals surface area contributed by atoms with Gasteiger partial charge in [0, 0.05) is 16.1 Å². The molecule has 3 heterocycles. The van der Waals surface area contributed by atoms with Crippen molar-refractivity contribution in [1.82, 2.24) is 0 Å². The Morgan fingerprint density at radius 3 is 2.74 bits per heavy atom. The smallest absolute Gasteiger partial charge is 0.0876 e. The van der Waals surface area contributed by atoms with E-state index in [0.29, 0.717) is 15.8 Å². The summed E-state index contributed by atoms with van der Waals surface area (Å²) in [5, 5.41) is 0. The Balaban J connectivity index is 2.02. The van der Waals surface area contributed by atoms with Crippen molar-refractivity contribution in [2.75, 3.05) is 0 Å². The zero-order valence-electron chi connectivity index (χ0n) is 11.1. The monoisotopic (exact) mass is 390 g/mol. The zero-order chi connectivity index (χ0) is 13.8. The molecule has 6 atom stereocenters. The van der Waals surface area contributed by atoms with Crippen molar-refractivity contribution in [3.63, 3.8) is 0 Å². The molecule has 2 nitrogen and oxygen atoms in total. The Labute approximate surface area is 132 Å². The summed E-state index contributed by atoms with van der Waals surface area (Å²) in [6, 6.07) is 0. The Morgan fingerprint density at radius 1 is 1.37 bits per heavy atom. The van der Waals surface area contributed by atoms with Gasteiger partial charge in [0.2, 0.25) is 0 Å². The van der Waals surface area contributed by atoms with E-state index in [9.17, 15) is 0 Å². The first-order valence-corrected chi connectivity index (χ1v) is 8.69. The average Bonchev–Trinajstić information content (AvgIpc) is 2.32. The molecule has 3 rings (SSSR count). The predicted octanol–water partition coefficient (Wildman–Crippen LogP) is 3.82. The number of ether oxygens (including phenoxy) is 2. The second-order valence-corrected chi connectivity index (χ2v) is 7.49. The summed E-state index contributed by atoms with van der Waals surface area (Å²) in [4.78, 5) is 0.784. The molecule has 0 saturated carbocycles. The first-order chi connectivity index (χ1) is 9.15. The van der Waals surface area contributed by atoms with Crippen molar-refractivity contribution in [2.45, 2.75) is 66.7 Å². The third-order valence-corrected chi connectivity index (χ3v) is 6.02. The van der Waals surface area contributed by atoms with Crippen LogP contribution in [0.3, 0.4) is 0 Å². The Hall–Kier alpha value is 0.180. The fourth-order valence-electron chi connectivity index (χ4n) is 2.63. The molecule has 0 amide bonds. The molecule has 0 radical (unpaired) electrons. The predicted molar refractivity (Wildman–Crippen MR) is 84.9 cm³/mol. The SMILES string of the molecule is C#C/C=C\CC1OC(C(Br)CC)CC(Br)C2CC1O2. The quantitative estimate of drug-likeness (QED) is 0.535. The molecule has 106 valence electrons. The fourth-order valence-corrected chi connectivity index (χ4v) is 3.68. The lowest BCUT2D eigenvalue weighted by molar-refractivity contribution is -0.213. The number of fused-ring (bicyclic) bond motifs is 4. The van der Waals surface area contributed by atoms with E-state index in [1.807, 2.05) is 6.08 Å². The first kappa shape index (κ1) is 15.6. The summed E-state index contributed by atoms with van der Waals surface area (Å²) in [6.07, 6.45) is 13.8. The fraction of sp³-hybridized carbons (Fsp3) is 0.733. The normalized spacial score (nSPS) is 40.0. The van der Waals surface area contributed by atoms with Crippen molar-refractivity contribution in [3.8, 4) is 12.3 Å². The van der Waals surface area contributed by atoms with Gasteiger partial charge in [-0.1, -0.05) is 50.8 Å². The van der Waals surface area contributed by atoms with Gasteiger partial charge in [0.25, 0.3) is 0 Å². The van der Waals surface area contributed by atoms with Crippen LogP contribution in [0.15, 0.2) is 12.2 Å². The van der Waals surface area contributed by atoms with Gasteiger partial charge in [0.1, 0.15) is 0 Å². The van der Waals surface area contributed by atoms with Crippen molar-refractivity contribution in [2.24, 2.45) is 0 Å². The molecule has 0 aromatic carbocycles. The van der Waals surface area contributed by atoms with E-state index in [4.69, 9.17) is 15.9 Å². The number of rotatable bonds is 4. The molecule has 3 aliphatic rings. The Kier molecular flexibility index (Phi) is 5.95. The van der Waals surface area contributed by atoms with Crippen LogP contribution in [-0.4, -0.2) is 34.1 Å². The molecule has 6 unspecified atom stereocenters. The van der Waals surface area contributed by atoms with Gasteiger partial charge in [0.15, 0.2) is 0 Å². The zero-order valence-corrected chi connectivity index (χ0v) is 14.3. The second-order valence-electron chi connectivity index (χ2n) is 5.14. The van der Waals surface area contributed by atoms with Crippen LogP contribution >= 0.6 is 31.9 Å². The van der Waals surface area contributed by atoms with Crippen LogP contribution < -0.4 is 0 Å². The lowest BCUT2D eigenvalue weighted by atomic mass is 9.90. The van der Waals surface area contributed by atoms with E-state index >= 15 is 0 Å². The van der Waals surface area contributed by atoms with E-state index in [-0.39, 0.29) is 18.3 Å². The summed E-state index contributed by atoms with van der Waals surface area (Å²) in [5.74, 6) is 2.52. The Morgan fingerprint density at radius 2 is 2.11 bits per heavy atom. The maximum atomic E-state index is 6.29. The van der Waals surface area contributed by atoms with E-state index in [2.05, 4.69) is 44.7 Å². The molecular weight excluding hydrogens is 372 g/mol. The van der Waals surface area contributed by atoms with Crippen molar-refractivity contribution in [3.05, 3.63) is 12.2 Å². The number of halogens is 2. The van der Waals surface area contributed by atoms with Crippen molar-refractivity contribution >= 4 is 31.9 Å². The summed E-state index contributed by atoms with van der Waals surface area (Å²) in [5.41, 5.74) is 0. The largest absolute Gasteiger partial charge is 0.371 e. The van der Waals surface area contributed by atoms with Gasteiger partial charge in [-0.15, -0.1) is 6.42 Å². The molecular formula is C15H20Br2O2. The molecule has 2 bridgehead atoms. The maximum absolute atomic E-state index is 6.29. The number of alkyl halides is 2. The van der Waals surface area contributed by atoms with Gasteiger partial charge < -0.3 is 9.47 Å². The second kappa shape index (κ2) is 7.26. The highest BCUT2D eigenvalue weighted by Gasteiger charge is 2.44. The standard InChI is InChI=1S/C15H20Br2O2/c1-3-5-6-7-12-15-9-14(19-15)11(17)8-13(18-12)10(16)4-2/h1,5-6,10-15H,4,7-9H2,2H3/b6-5-. The average molecular weight is 392 g/mol. The molecule has 0 N–H and O–H groups in total. The minimum absolute atomic E-state index is 0.123. The van der Waals surface area contributed by atoms with Crippen LogP contribution in [0.2, 0.25) is 0 Å². The van der Waals surface area contributed by atoms with Gasteiger partial charge in [-0.05, 0) is 25.3 Å². The highest BCUT2D eigenvalue weighted by molar-refractivity contribution is 9.09. The van der Waals surface area contributed by atoms with Crippen LogP contribution in [0.4, 0.5) is 0 Å². The van der Waals surface area contributed by atoms with Gasteiger partial charge in [-0.25, -0.2) is 0 Å². The topological polar surface area (TPSA) is 18.5 Å². The Bertz CT molecular complexity index is 358. The van der Waals surface area contributed by atoms with Crippen LogP contribution in [-0.2, 0) is 9.47 Å². The minimum atomic E-state index is 0.123. The first-order valence-electron chi connectivity index (χ1n) is 6.85. The van der Waals surface area contributed by atoms with Gasteiger partial charge in [-0.2, -0.15) is 0 Å².